The number of benzene rings is 1. The summed E-state index contributed by atoms with van der Waals surface area (Å²) in [6.45, 7) is 1.51. The number of nitrogens with one attached hydrogen (secondary N) is 1. The molecule has 1 atom stereocenters. The molecule has 0 saturated heterocycles. The highest BCUT2D eigenvalue weighted by Gasteiger charge is 2.43. The first-order chi connectivity index (χ1) is 8.49. The van der Waals surface area contributed by atoms with Crippen molar-refractivity contribution in [1.29, 1.82) is 0 Å². The Morgan fingerprint density at radius 3 is 2.67 bits per heavy atom. The van der Waals surface area contributed by atoms with Gasteiger partial charge >= 0.3 is 5.97 Å². The summed E-state index contributed by atoms with van der Waals surface area (Å²) in [7, 11) is 1.23. The van der Waals surface area contributed by atoms with Crippen molar-refractivity contribution in [2.75, 3.05) is 7.11 Å². The van der Waals surface area contributed by atoms with Crippen LogP contribution in [0.2, 0.25) is 0 Å². The molecule has 0 aromatic heterocycles. The van der Waals surface area contributed by atoms with Crippen LogP contribution in [0.1, 0.15) is 25.3 Å². The average Bonchev–Trinajstić information content (AvgIpc) is 3.15. The molecule has 1 aromatic carbocycles. The van der Waals surface area contributed by atoms with Gasteiger partial charge in [-0.1, -0.05) is 12.1 Å². The van der Waals surface area contributed by atoms with E-state index in [0.29, 0.717) is 0 Å². The molecule has 0 heterocycles. The zero-order valence-electron chi connectivity index (χ0n) is 10.3. The number of ether oxygens (including phenoxy) is 1. The molecule has 3 nitrogen and oxygen atoms in total. The Labute approximate surface area is 104 Å². The van der Waals surface area contributed by atoms with Gasteiger partial charge in [0.2, 0.25) is 0 Å². The third-order valence-corrected chi connectivity index (χ3v) is 3.15. The topological polar surface area (TPSA) is 38.3 Å². The fourth-order valence-electron chi connectivity index (χ4n) is 1.98. The predicted molar refractivity (Wildman–Crippen MR) is 61.9 cm³/mol. The van der Waals surface area contributed by atoms with Crippen LogP contribution in [0, 0.1) is 11.6 Å². The monoisotopic (exact) mass is 255 g/mol. The van der Waals surface area contributed by atoms with E-state index in [4.69, 9.17) is 4.74 Å². The predicted octanol–water partition coefficient (Wildman–Crippen LogP) is 2.10. The lowest BCUT2D eigenvalue weighted by molar-refractivity contribution is -0.148. The van der Waals surface area contributed by atoms with Crippen LogP contribution < -0.4 is 5.32 Å². The fourth-order valence-corrected chi connectivity index (χ4v) is 1.98. The number of carbonyl (C=O) groups is 1. The molecular weight excluding hydrogens is 240 g/mol. The lowest BCUT2D eigenvalue weighted by atomic mass is 9.91. The number of rotatable bonds is 4. The maximum Gasteiger partial charge on any atom is 0.330 e. The van der Waals surface area contributed by atoms with Crippen molar-refractivity contribution in [3.05, 3.63) is 35.4 Å². The number of carbonyl (C=O) groups excluding carboxylic acids is 1. The van der Waals surface area contributed by atoms with Crippen LogP contribution >= 0.6 is 0 Å². The Morgan fingerprint density at radius 2 is 2.11 bits per heavy atom. The van der Waals surface area contributed by atoms with Gasteiger partial charge < -0.3 is 4.74 Å². The van der Waals surface area contributed by atoms with Crippen molar-refractivity contribution < 1.29 is 18.3 Å². The van der Waals surface area contributed by atoms with Gasteiger partial charge in [0.15, 0.2) is 11.6 Å². The summed E-state index contributed by atoms with van der Waals surface area (Å²) in [4.78, 5) is 11.9. The number of hydrogen-bond donors (Lipinski definition) is 1. The minimum Gasteiger partial charge on any atom is -0.467 e. The molecule has 0 aliphatic heterocycles. The van der Waals surface area contributed by atoms with Gasteiger partial charge in [-0.2, -0.15) is 0 Å². The highest BCUT2D eigenvalue weighted by atomic mass is 19.2. The Kier molecular flexibility index (Phi) is 3.34. The van der Waals surface area contributed by atoms with Gasteiger partial charge in [-0.05, 0) is 25.8 Å². The van der Waals surface area contributed by atoms with Crippen LogP contribution in [0.15, 0.2) is 18.2 Å². The summed E-state index contributed by atoms with van der Waals surface area (Å²) in [6, 6.07) is 3.94. The number of halogens is 2. The maximum atomic E-state index is 13.8. The van der Waals surface area contributed by atoms with Crippen LogP contribution in [0.25, 0.3) is 0 Å². The minimum atomic E-state index is -1.36. The van der Waals surface area contributed by atoms with Gasteiger partial charge in [0, 0.05) is 11.6 Å². The van der Waals surface area contributed by atoms with Crippen LogP contribution in [0.3, 0.4) is 0 Å². The summed E-state index contributed by atoms with van der Waals surface area (Å²) >= 11 is 0. The zero-order chi connectivity index (χ0) is 13.3. The van der Waals surface area contributed by atoms with Crippen LogP contribution in [0.4, 0.5) is 8.78 Å². The lowest BCUT2D eigenvalue weighted by Gasteiger charge is -2.29. The largest absolute Gasteiger partial charge is 0.467 e. The Morgan fingerprint density at radius 1 is 1.44 bits per heavy atom. The molecule has 0 radical (unpaired) electrons. The molecule has 1 N–H and O–H groups in total. The molecule has 5 heteroatoms. The van der Waals surface area contributed by atoms with E-state index < -0.39 is 23.1 Å². The number of esters is 1. The highest BCUT2D eigenvalue weighted by Crippen LogP contribution is 2.31. The highest BCUT2D eigenvalue weighted by molar-refractivity contribution is 5.82. The van der Waals surface area contributed by atoms with E-state index >= 15 is 0 Å². The van der Waals surface area contributed by atoms with E-state index in [-0.39, 0.29) is 11.6 Å². The van der Waals surface area contributed by atoms with Gasteiger partial charge in [0.25, 0.3) is 0 Å². The van der Waals surface area contributed by atoms with Crippen LogP contribution in [0.5, 0.6) is 0 Å². The third-order valence-electron chi connectivity index (χ3n) is 3.15. The first-order valence-corrected chi connectivity index (χ1v) is 5.79. The first-order valence-electron chi connectivity index (χ1n) is 5.79. The maximum absolute atomic E-state index is 13.8. The quantitative estimate of drug-likeness (QED) is 0.837. The molecule has 0 bridgehead atoms. The van der Waals surface area contributed by atoms with Crippen LogP contribution in [-0.4, -0.2) is 19.1 Å². The van der Waals surface area contributed by atoms with Crippen molar-refractivity contribution >= 4 is 5.97 Å². The second kappa shape index (κ2) is 4.65. The number of methoxy groups -OCH3 is 1. The summed E-state index contributed by atoms with van der Waals surface area (Å²) in [5.74, 6) is -2.61. The molecule has 0 amide bonds. The van der Waals surface area contributed by atoms with Crippen molar-refractivity contribution in [3.8, 4) is 0 Å². The Balaban J connectivity index is 2.44. The summed E-state index contributed by atoms with van der Waals surface area (Å²) in [5, 5.41) is 3.02. The third kappa shape index (κ3) is 2.22. The van der Waals surface area contributed by atoms with Crippen molar-refractivity contribution in [2.45, 2.75) is 31.3 Å². The summed E-state index contributed by atoms with van der Waals surface area (Å²) < 4.78 is 31.8. The van der Waals surface area contributed by atoms with E-state index in [1.165, 1.54) is 26.2 Å². The molecule has 1 fully saturated rings. The van der Waals surface area contributed by atoms with E-state index in [1.807, 2.05) is 0 Å². The molecule has 1 unspecified atom stereocenters. The molecule has 18 heavy (non-hydrogen) atoms. The SMILES string of the molecule is COC(=O)C(C)(NC1CC1)c1cccc(F)c1F. The summed E-state index contributed by atoms with van der Waals surface area (Å²) in [5.41, 5.74) is -1.39. The standard InChI is InChI=1S/C13H15F2NO2/c1-13(12(17)18-2,16-8-6-7-8)9-4-3-5-10(14)11(9)15/h3-5,8,16H,6-7H2,1-2H3. The van der Waals surface area contributed by atoms with Gasteiger partial charge in [-0.25, -0.2) is 13.6 Å². The fraction of sp³-hybridized carbons (Fsp3) is 0.462. The van der Waals surface area contributed by atoms with Gasteiger partial charge in [0.1, 0.15) is 5.54 Å². The van der Waals surface area contributed by atoms with Crippen molar-refractivity contribution in [3.63, 3.8) is 0 Å². The molecule has 98 valence electrons. The zero-order valence-corrected chi connectivity index (χ0v) is 10.3. The molecule has 1 aliphatic rings. The molecule has 1 aromatic rings. The van der Waals surface area contributed by atoms with E-state index in [2.05, 4.69) is 5.32 Å². The second-order valence-corrected chi connectivity index (χ2v) is 4.64. The van der Waals surface area contributed by atoms with Crippen molar-refractivity contribution in [2.24, 2.45) is 0 Å². The van der Waals surface area contributed by atoms with E-state index in [9.17, 15) is 13.6 Å². The number of hydrogen-bond acceptors (Lipinski definition) is 3. The van der Waals surface area contributed by atoms with Crippen molar-refractivity contribution in [1.82, 2.24) is 5.32 Å². The smallest absolute Gasteiger partial charge is 0.330 e. The van der Waals surface area contributed by atoms with Gasteiger partial charge in [-0.3, -0.25) is 5.32 Å². The van der Waals surface area contributed by atoms with Gasteiger partial charge in [-0.15, -0.1) is 0 Å². The minimum absolute atomic E-state index is 0.0266. The molecule has 1 saturated carbocycles. The lowest BCUT2D eigenvalue weighted by Crippen LogP contribution is -2.49. The van der Waals surface area contributed by atoms with E-state index in [0.717, 1.165) is 18.9 Å². The molecule has 1 aliphatic carbocycles. The normalized spacial score (nSPS) is 18.2. The molecule has 2 rings (SSSR count). The first kappa shape index (κ1) is 13.0. The van der Waals surface area contributed by atoms with E-state index in [1.54, 1.807) is 0 Å². The molecule has 0 spiro atoms. The average molecular weight is 255 g/mol. The Bertz CT molecular complexity index is 474. The molecular formula is C13H15F2NO2. The Hall–Kier alpha value is -1.49. The van der Waals surface area contributed by atoms with Crippen LogP contribution in [-0.2, 0) is 15.1 Å². The van der Waals surface area contributed by atoms with Gasteiger partial charge in [0.05, 0.1) is 7.11 Å². The second-order valence-electron chi connectivity index (χ2n) is 4.64. The summed E-state index contributed by atoms with van der Waals surface area (Å²) in [6.07, 6.45) is 1.84.